The minimum Gasteiger partial charge on any atom is -0.399 e. The van der Waals surface area contributed by atoms with Crippen molar-refractivity contribution < 1.29 is 4.39 Å². The van der Waals surface area contributed by atoms with Crippen LogP contribution in [0.3, 0.4) is 0 Å². The molecular weight excluding hydrogens is 245 g/mol. The molecule has 0 fully saturated rings. The fourth-order valence-corrected chi connectivity index (χ4v) is 1.74. The van der Waals surface area contributed by atoms with Crippen LogP contribution in [0, 0.1) is 5.82 Å². The number of hydrogen-bond donors (Lipinski definition) is 1. The van der Waals surface area contributed by atoms with Gasteiger partial charge in [-0.25, -0.2) is 4.39 Å². The first-order valence-electron chi connectivity index (χ1n) is 5.64. The predicted octanol–water partition coefficient (Wildman–Crippen LogP) is 2.05. The average Bonchev–Trinajstić information content (AvgIpc) is 2.88. The Balaban J connectivity index is 2.02. The summed E-state index contributed by atoms with van der Waals surface area (Å²) >= 11 is 0. The third kappa shape index (κ3) is 2.28. The van der Waals surface area contributed by atoms with Crippen molar-refractivity contribution in [3.8, 4) is 17.1 Å². The van der Waals surface area contributed by atoms with Crippen LogP contribution in [-0.2, 0) is 0 Å². The minimum atomic E-state index is -0.437. The molecule has 0 saturated carbocycles. The van der Waals surface area contributed by atoms with Crippen molar-refractivity contribution in [2.45, 2.75) is 0 Å². The molecule has 0 spiro atoms. The molecule has 0 aliphatic rings. The number of hydrogen-bond acceptors (Lipinski definition) is 4. The maximum Gasteiger partial charge on any atom is 0.205 e. The number of aromatic nitrogens is 4. The van der Waals surface area contributed by atoms with Crippen molar-refractivity contribution in [1.82, 2.24) is 20.2 Å². The molecule has 0 saturated heterocycles. The Bertz CT molecular complexity index is 688. The first-order valence-corrected chi connectivity index (χ1v) is 5.64. The van der Waals surface area contributed by atoms with Crippen molar-refractivity contribution in [2.75, 3.05) is 5.73 Å². The van der Waals surface area contributed by atoms with E-state index in [1.807, 2.05) is 30.3 Å². The summed E-state index contributed by atoms with van der Waals surface area (Å²) in [5.41, 5.74) is 7.18. The summed E-state index contributed by atoms with van der Waals surface area (Å²) in [6.07, 6.45) is 0. The van der Waals surface area contributed by atoms with Gasteiger partial charge in [0.25, 0.3) is 0 Å². The van der Waals surface area contributed by atoms with Gasteiger partial charge < -0.3 is 5.73 Å². The topological polar surface area (TPSA) is 69.6 Å². The molecule has 19 heavy (non-hydrogen) atoms. The molecule has 2 N–H and O–H groups in total. The molecule has 0 radical (unpaired) electrons. The third-order valence-corrected chi connectivity index (χ3v) is 2.58. The highest BCUT2D eigenvalue weighted by molar-refractivity contribution is 5.54. The van der Waals surface area contributed by atoms with Gasteiger partial charge in [-0.15, -0.1) is 15.0 Å². The Labute approximate surface area is 108 Å². The Morgan fingerprint density at radius 1 is 1.05 bits per heavy atom. The first kappa shape index (κ1) is 11.3. The maximum absolute atomic E-state index is 13.3. The van der Waals surface area contributed by atoms with E-state index >= 15 is 0 Å². The van der Waals surface area contributed by atoms with Crippen LogP contribution < -0.4 is 5.73 Å². The van der Waals surface area contributed by atoms with Crippen LogP contribution in [0.15, 0.2) is 48.5 Å². The summed E-state index contributed by atoms with van der Waals surface area (Å²) in [7, 11) is 0. The zero-order valence-corrected chi connectivity index (χ0v) is 9.86. The molecule has 94 valence electrons. The van der Waals surface area contributed by atoms with E-state index in [2.05, 4.69) is 15.4 Å². The van der Waals surface area contributed by atoms with Crippen molar-refractivity contribution >= 4 is 5.69 Å². The Hall–Kier alpha value is -2.76. The SMILES string of the molecule is Nc1cc(F)cc(-n2nnc(-c3ccccc3)n2)c1. The number of anilines is 1. The zero-order chi connectivity index (χ0) is 13.2. The second kappa shape index (κ2) is 4.49. The van der Waals surface area contributed by atoms with Crippen LogP contribution in [0.5, 0.6) is 0 Å². The van der Waals surface area contributed by atoms with Gasteiger partial charge in [0.1, 0.15) is 5.82 Å². The fraction of sp³-hybridized carbons (Fsp3) is 0. The Kier molecular flexibility index (Phi) is 2.68. The molecular formula is C13H10FN5. The molecule has 0 unspecified atom stereocenters. The average molecular weight is 255 g/mol. The summed E-state index contributed by atoms with van der Waals surface area (Å²) in [6, 6.07) is 13.5. The fourth-order valence-electron chi connectivity index (χ4n) is 1.74. The van der Waals surface area contributed by atoms with E-state index in [9.17, 15) is 4.39 Å². The van der Waals surface area contributed by atoms with Gasteiger partial charge in [-0.3, -0.25) is 0 Å². The lowest BCUT2D eigenvalue weighted by Crippen LogP contribution is -2.01. The molecule has 5 nitrogen and oxygen atoms in total. The normalized spacial score (nSPS) is 10.6. The third-order valence-electron chi connectivity index (χ3n) is 2.58. The second-order valence-electron chi connectivity index (χ2n) is 4.01. The summed E-state index contributed by atoms with van der Waals surface area (Å²) in [5, 5.41) is 12.0. The number of benzene rings is 2. The number of halogens is 1. The number of rotatable bonds is 2. The van der Waals surface area contributed by atoms with E-state index in [0.717, 1.165) is 5.56 Å². The molecule has 0 atom stereocenters. The zero-order valence-electron chi connectivity index (χ0n) is 9.86. The van der Waals surface area contributed by atoms with Crippen molar-refractivity contribution in [3.63, 3.8) is 0 Å². The molecule has 0 amide bonds. The summed E-state index contributed by atoms with van der Waals surface area (Å²) in [6.45, 7) is 0. The van der Waals surface area contributed by atoms with Gasteiger partial charge in [0.2, 0.25) is 5.82 Å². The van der Waals surface area contributed by atoms with Crippen LogP contribution in [0.1, 0.15) is 0 Å². The molecule has 1 heterocycles. The van der Waals surface area contributed by atoms with E-state index in [4.69, 9.17) is 5.73 Å². The van der Waals surface area contributed by atoms with E-state index in [1.165, 1.54) is 16.9 Å². The summed E-state index contributed by atoms with van der Waals surface area (Å²) in [4.78, 5) is 1.25. The van der Waals surface area contributed by atoms with Crippen molar-refractivity contribution in [1.29, 1.82) is 0 Å². The number of nitrogens with two attached hydrogens (primary N) is 1. The van der Waals surface area contributed by atoms with Gasteiger partial charge in [-0.2, -0.15) is 0 Å². The van der Waals surface area contributed by atoms with Gasteiger partial charge in [-0.1, -0.05) is 30.3 Å². The van der Waals surface area contributed by atoms with Crippen LogP contribution >= 0.6 is 0 Å². The van der Waals surface area contributed by atoms with E-state index < -0.39 is 5.82 Å². The Morgan fingerprint density at radius 3 is 2.58 bits per heavy atom. The lowest BCUT2D eigenvalue weighted by Gasteiger charge is -2.00. The molecule has 0 bridgehead atoms. The second-order valence-corrected chi connectivity index (χ2v) is 4.01. The van der Waals surface area contributed by atoms with Gasteiger partial charge in [0.05, 0.1) is 5.69 Å². The van der Waals surface area contributed by atoms with Gasteiger partial charge in [-0.05, 0) is 17.3 Å². The van der Waals surface area contributed by atoms with Crippen LogP contribution in [0.25, 0.3) is 17.1 Å². The summed E-state index contributed by atoms with van der Waals surface area (Å²) in [5.74, 6) is 0.0389. The van der Waals surface area contributed by atoms with Gasteiger partial charge in [0.15, 0.2) is 0 Å². The number of nitrogen functional groups attached to an aromatic ring is 1. The lowest BCUT2D eigenvalue weighted by atomic mass is 10.2. The predicted molar refractivity (Wildman–Crippen MR) is 69.0 cm³/mol. The number of nitrogens with zero attached hydrogens (tertiary/aromatic N) is 4. The van der Waals surface area contributed by atoms with Crippen LogP contribution in [0.2, 0.25) is 0 Å². The number of tetrazole rings is 1. The quantitative estimate of drug-likeness (QED) is 0.711. The van der Waals surface area contributed by atoms with E-state index in [1.54, 1.807) is 6.07 Å². The molecule has 0 aliphatic carbocycles. The van der Waals surface area contributed by atoms with Gasteiger partial charge in [0, 0.05) is 17.3 Å². The highest BCUT2D eigenvalue weighted by atomic mass is 19.1. The van der Waals surface area contributed by atoms with E-state index in [0.29, 0.717) is 17.2 Å². The van der Waals surface area contributed by atoms with Crippen molar-refractivity contribution in [3.05, 3.63) is 54.3 Å². The van der Waals surface area contributed by atoms with Crippen LogP contribution in [0.4, 0.5) is 10.1 Å². The summed E-state index contributed by atoms with van der Waals surface area (Å²) < 4.78 is 13.3. The maximum atomic E-state index is 13.3. The monoisotopic (exact) mass is 255 g/mol. The van der Waals surface area contributed by atoms with E-state index in [-0.39, 0.29) is 0 Å². The largest absolute Gasteiger partial charge is 0.399 e. The molecule has 2 aromatic carbocycles. The molecule has 1 aromatic heterocycles. The first-order chi connectivity index (χ1) is 9.22. The van der Waals surface area contributed by atoms with Gasteiger partial charge >= 0.3 is 0 Å². The minimum absolute atomic E-state index is 0.313. The smallest absolute Gasteiger partial charge is 0.205 e. The highest BCUT2D eigenvalue weighted by Gasteiger charge is 2.08. The van der Waals surface area contributed by atoms with Crippen LogP contribution in [-0.4, -0.2) is 20.2 Å². The molecule has 0 aliphatic heterocycles. The standard InChI is InChI=1S/C13H10FN5/c14-10-6-11(15)8-12(7-10)19-17-13(16-18-19)9-4-2-1-3-5-9/h1-8H,15H2. The molecule has 6 heteroatoms. The lowest BCUT2D eigenvalue weighted by molar-refractivity contribution is 0.622. The van der Waals surface area contributed by atoms with Crippen molar-refractivity contribution in [2.24, 2.45) is 0 Å². The molecule has 3 rings (SSSR count). The highest BCUT2D eigenvalue weighted by Crippen LogP contribution is 2.16. The Morgan fingerprint density at radius 2 is 1.84 bits per heavy atom. The molecule has 3 aromatic rings.